The maximum Gasteiger partial charge on any atom is 0.236 e. The van der Waals surface area contributed by atoms with Crippen LogP contribution in [-0.4, -0.2) is 74.1 Å². The minimum Gasteiger partial charge on any atom is -0.378 e. The van der Waals surface area contributed by atoms with Crippen molar-refractivity contribution in [3.63, 3.8) is 0 Å². The van der Waals surface area contributed by atoms with E-state index in [1.165, 1.54) is 6.42 Å². The van der Waals surface area contributed by atoms with Gasteiger partial charge < -0.3 is 19.9 Å². The largest absolute Gasteiger partial charge is 0.378 e. The predicted molar refractivity (Wildman–Crippen MR) is 75.3 cm³/mol. The Labute approximate surface area is 120 Å². The van der Waals surface area contributed by atoms with Crippen molar-refractivity contribution in [2.75, 3.05) is 52.5 Å². The van der Waals surface area contributed by atoms with E-state index in [0.717, 1.165) is 25.9 Å². The Morgan fingerprint density at radius 1 is 0.900 bits per heavy atom. The molecule has 0 aliphatic carbocycles. The van der Waals surface area contributed by atoms with Crippen LogP contribution >= 0.6 is 0 Å². The molecule has 2 rings (SSSR count). The highest BCUT2D eigenvalue weighted by molar-refractivity contribution is 5.79. The van der Waals surface area contributed by atoms with Crippen LogP contribution in [-0.2, 0) is 14.3 Å². The van der Waals surface area contributed by atoms with Gasteiger partial charge in [-0.25, -0.2) is 0 Å². The monoisotopic (exact) mass is 283 g/mol. The molecule has 0 atom stereocenters. The lowest BCUT2D eigenvalue weighted by molar-refractivity contribution is -0.135. The molecule has 6 nitrogen and oxygen atoms in total. The van der Waals surface area contributed by atoms with Gasteiger partial charge in [-0.3, -0.25) is 9.59 Å². The highest BCUT2D eigenvalue weighted by Crippen LogP contribution is 2.08. The molecule has 6 heteroatoms. The van der Waals surface area contributed by atoms with E-state index in [4.69, 9.17) is 4.74 Å². The number of hydrogen-bond donors (Lipinski definition) is 1. The summed E-state index contributed by atoms with van der Waals surface area (Å²) in [5.74, 6) is 0.301. The van der Waals surface area contributed by atoms with Crippen molar-refractivity contribution in [1.82, 2.24) is 15.1 Å². The molecule has 0 saturated carbocycles. The molecule has 0 aromatic carbocycles. The number of nitrogens with zero attached hydrogens (tertiary/aromatic N) is 2. The van der Waals surface area contributed by atoms with Crippen LogP contribution in [0.1, 0.15) is 25.7 Å². The van der Waals surface area contributed by atoms with Crippen molar-refractivity contribution in [3.8, 4) is 0 Å². The topological polar surface area (TPSA) is 61.9 Å². The number of carbonyl (C=O) groups is 2. The first kappa shape index (κ1) is 15.3. The van der Waals surface area contributed by atoms with Crippen LogP contribution in [0, 0.1) is 0 Å². The Hall–Kier alpha value is -1.14. The van der Waals surface area contributed by atoms with Gasteiger partial charge in [-0.05, 0) is 19.3 Å². The van der Waals surface area contributed by atoms with E-state index < -0.39 is 0 Å². The van der Waals surface area contributed by atoms with Crippen LogP contribution < -0.4 is 5.32 Å². The fourth-order valence-electron chi connectivity index (χ4n) is 2.62. The third kappa shape index (κ3) is 4.76. The molecule has 114 valence electrons. The van der Waals surface area contributed by atoms with Gasteiger partial charge in [0.1, 0.15) is 0 Å². The summed E-state index contributed by atoms with van der Waals surface area (Å²) in [7, 11) is 0. The van der Waals surface area contributed by atoms with E-state index >= 15 is 0 Å². The highest BCUT2D eigenvalue weighted by Gasteiger charge is 2.17. The first-order chi connectivity index (χ1) is 9.77. The normalized spacial score (nSPS) is 20.0. The van der Waals surface area contributed by atoms with Crippen molar-refractivity contribution in [1.29, 1.82) is 0 Å². The van der Waals surface area contributed by atoms with E-state index in [1.807, 2.05) is 9.80 Å². The molecule has 2 aliphatic heterocycles. The molecule has 0 aromatic heterocycles. The van der Waals surface area contributed by atoms with Crippen LogP contribution in [0.4, 0.5) is 0 Å². The molecule has 0 spiro atoms. The number of piperidine rings is 1. The zero-order valence-corrected chi connectivity index (χ0v) is 12.1. The van der Waals surface area contributed by atoms with Gasteiger partial charge >= 0.3 is 0 Å². The fraction of sp³-hybridized carbons (Fsp3) is 0.857. The van der Waals surface area contributed by atoms with Crippen molar-refractivity contribution >= 4 is 11.8 Å². The number of morpholine rings is 1. The van der Waals surface area contributed by atoms with Crippen LogP contribution in [0.25, 0.3) is 0 Å². The summed E-state index contributed by atoms with van der Waals surface area (Å²) in [5, 5.41) is 3.08. The molecule has 0 radical (unpaired) electrons. The van der Waals surface area contributed by atoms with E-state index in [-0.39, 0.29) is 11.8 Å². The number of nitrogens with one attached hydrogen (secondary N) is 1. The Balaban J connectivity index is 1.56. The van der Waals surface area contributed by atoms with Crippen molar-refractivity contribution < 1.29 is 14.3 Å². The Morgan fingerprint density at radius 2 is 1.55 bits per heavy atom. The van der Waals surface area contributed by atoms with Crippen LogP contribution in [0.15, 0.2) is 0 Å². The zero-order valence-electron chi connectivity index (χ0n) is 12.1. The number of carbonyl (C=O) groups excluding carboxylic acids is 2. The van der Waals surface area contributed by atoms with Gasteiger partial charge in [-0.1, -0.05) is 0 Å². The molecular weight excluding hydrogens is 258 g/mol. The van der Waals surface area contributed by atoms with Gasteiger partial charge in [-0.2, -0.15) is 0 Å². The van der Waals surface area contributed by atoms with Gasteiger partial charge in [0.05, 0.1) is 19.8 Å². The maximum absolute atomic E-state index is 11.9. The van der Waals surface area contributed by atoms with Crippen LogP contribution in [0.5, 0.6) is 0 Å². The summed E-state index contributed by atoms with van der Waals surface area (Å²) in [6.45, 7) is 5.31. The molecule has 2 fully saturated rings. The summed E-state index contributed by atoms with van der Waals surface area (Å²) in [6, 6.07) is 0. The molecule has 0 aromatic rings. The van der Waals surface area contributed by atoms with Gasteiger partial charge in [0, 0.05) is 39.1 Å². The fourth-order valence-corrected chi connectivity index (χ4v) is 2.62. The number of amides is 2. The quantitative estimate of drug-likeness (QED) is 0.712. The summed E-state index contributed by atoms with van der Waals surface area (Å²) in [6.07, 6.45) is 3.90. The molecular formula is C14H25N3O3. The first-order valence-corrected chi connectivity index (χ1v) is 7.61. The summed E-state index contributed by atoms with van der Waals surface area (Å²) in [5.41, 5.74) is 0. The molecule has 20 heavy (non-hydrogen) atoms. The highest BCUT2D eigenvalue weighted by atomic mass is 16.5. The van der Waals surface area contributed by atoms with E-state index in [1.54, 1.807) is 0 Å². The van der Waals surface area contributed by atoms with Gasteiger partial charge in [-0.15, -0.1) is 0 Å². The number of likely N-dealkylation sites (tertiary alicyclic amines) is 1. The molecule has 0 bridgehead atoms. The van der Waals surface area contributed by atoms with Crippen molar-refractivity contribution in [2.45, 2.75) is 25.7 Å². The van der Waals surface area contributed by atoms with Crippen LogP contribution in [0.2, 0.25) is 0 Å². The molecule has 2 amide bonds. The maximum atomic E-state index is 11.9. The number of rotatable bonds is 5. The van der Waals surface area contributed by atoms with Crippen molar-refractivity contribution in [3.05, 3.63) is 0 Å². The third-order valence-electron chi connectivity index (χ3n) is 3.86. The second-order valence-corrected chi connectivity index (χ2v) is 5.36. The summed E-state index contributed by atoms with van der Waals surface area (Å²) < 4.78 is 5.21. The predicted octanol–water partition coefficient (Wildman–Crippen LogP) is -0.163. The van der Waals surface area contributed by atoms with Gasteiger partial charge in [0.2, 0.25) is 11.8 Å². The summed E-state index contributed by atoms with van der Waals surface area (Å²) in [4.78, 5) is 27.5. The average molecular weight is 283 g/mol. The molecule has 1 N–H and O–H groups in total. The van der Waals surface area contributed by atoms with E-state index in [2.05, 4.69) is 5.32 Å². The molecule has 2 aliphatic rings. The number of ether oxygens (including phenoxy) is 1. The molecule has 2 saturated heterocycles. The Kier molecular flexibility index (Phi) is 6.26. The first-order valence-electron chi connectivity index (χ1n) is 7.61. The lowest BCUT2D eigenvalue weighted by Gasteiger charge is -2.27. The second-order valence-electron chi connectivity index (χ2n) is 5.36. The number of hydrogen-bond acceptors (Lipinski definition) is 4. The standard InChI is InChI=1S/C14H25N3O3/c18-13(17-8-10-20-11-9-17)4-5-15-12-14(19)16-6-2-1-3-7-16/h15H,1-12H2. The second kappa shape index (κ2) is 8.21. The Bertz CT molecular complexity index is 292. The van der Waals surface area contributed by atoms with Gasteiger partial charge in [0.15, 0.2) is 0 Å². The smallest absolute Gasteiger partial charge is 0.236 e. The van der Waals surface area contributed by atoms with Crippen LogP contribution in [0.3, 0.4) is 0 Å². The van der Waals surface area contributed by atoms with Crippen molar-refractivity contribution in [2.24, 2.45) is 0 Å². The minimum atomic E-state index is 0.145. The van der Waals surface area contributed by atoms with E-state index in [0.29, 0.717) is 45.8 Å². The van der Waals surface area contributed by atoms with Gasteiger partial charge in [0.25, 0.3) is 0 Å². The molecule has 2 heterocycles. The average Bonchev–Trinajstić information content (AvgIpc) is 2.53. The molecule has 0 unspecified atom stereocenters. The Morgan fingerprint density at radius 3 is 2.25 bits per heavy atom. The minimum absolute atomic E-state index is 0.145. The third-order valence-corrected chi connectivity index (χ3v) is 3.86. The SMILES string of the molecule is O=C(CCNCC(=O)N1CCCCC1)N1CCOCC1. The summed E-state index contributed by atoms with van der Waals surface area (Å²) >= 11 is 0. The lowest BCUT2D eigenvalue weighted by atomic mass is 10.1. The zero-order chi connectivity index (χ0) is 14.2. The lowest BCUT2D eigenvalue weighted by Crippen LogP contribution is -2.43. The van der Waals surface area contributed by atoms with E-state index in [9.17, 15) is 9.59 Å².